The average molecular weight is 208 g/mol. The number of aromatic nitrogens is 1. The van der Waals surface area contributed by atoms with E-state index >= 15 is 0 Å². The molecule has 1 aromatic rings. The number of hydrogen-bond donors (Lipinski definition) is 0. The van der Waals surface area contributed by atoms with Crippen LogP contribution in [0.3, 0.4) is 0 Å². The van der Waals surface area contributed by atoms with Crippen LogP contribution in [-0.2, 0) is 17.9 Å². The Hall–Kier alpha value is -0.890. The molecule has 0 aliphatic carbocycles. The molecule has 0 aromatic carbocycles. The zero-order valence-electron chi connectivity index (χ0n) is 9.91. The maximum atomic E-state index is 5.58. The third-order valence-corrected chi connectivity index (χ3v) is 2.46. The van der Waals surface area contributed by atoms with Crippen LogP contribution < -0.4 is 4.57 Å². The van der Waals surface area contributed by atoms with Gasteiger partial charge in [0, 0.05) is 11.6 Å². The second kappa shape index (κ2) is 7.41. The molecular formula is C13H22NO+. The van der Waals surface area contributed by atoms with E-state index in [2.05, 4.69) is 42.9 Å². The second-order valence-electron chi connectivity index (χ2n) is 3.82. The maximum absolute atomic E-state index is 5.58. The van der Waals surface area contributed by atoms with Gasteiger partial charge in [0.1, 0.15) is 0 Å². The highest BCUT2D eigenvalue weighted by Crippen LogP contribution is 1.96. The topological polar surface area (TPSA) is 13.1 Å². The molecule has 15 heavy (non-hydrogen) atoms. The minimum Gasteiger partial charge on any atom is -0.323 e. The van der Waals surface area contributed by atoms with Gasteiger partial charge >= 0.3 is 0 Å². The molecule has 1 rings (SSSR count). The summed E-state index contributed by atoms with van der Waals surface area (Å²) in [4.78, 5) is 0. The van der Waals surface area contributed by atoms with Crippen LogP contribution in [-0.4, -0.2) is 6.61 Å². The number of aryl methyl sites for hydroxylation is 1. The molecular weight excluding hydrogens is 186 g/mol. The van der Waals surface area contributed by atoms with Gasteiger partial charge < -0.3 is 4.74 Å². The smallest absolute Gasteiger partial charge is 0.252 e. The Morgan fingerprint density at radius 1 is 1.27 bits per heavy atom. The summed E-state index contributed by atoms with van der Waals surface area (Å²) >= 11 is 0. The summed E-state index contributed by atoms with van der Waals surface area (Å²) in [5.74, 6) is 0. The van der Waals surface area contributed by atoms with Crippen molar-refractivity contribution in [3.8, 4) is 0 Å². The van der Waals surface area contributed by atoms with E-state index in [9.17, 15) is 0 Å². The van der Waals surface area contributed by atoms with Gasteiger partial charge in [-0.05, 0) is 18.9 Å². The average Bonchev–Trinajstić information content (AvgIpc) is 2.29. The van der Waals surface area contributed by atoms with Gasteiger partial charge in [0.25, 0.3) is 6.73 Å². The summed E-state index contributed by atoms with van der Waals surface area (Å²) in [5.41, 5.74) is 1.36. The quantitative estimate of drug-likeness (QED) is 0.496. The molecule has 0 saturated heterocycles. The van der Waals surface area contributed by atoms with E-state index < -0.39 is 0 Å². The Morgan fingerprint density at radius 3 is 2.87 bits per heavy atom. The van der Waals surface area contributed by atoms with Gasteiger partial charge in [-0.15, -0.1) is 0 Å². The summed E-state index contributed by atoms with van der Waals surface area (Å²) < 4.78 is 7.69. The summed E-state index contributed by atoms with van der Waals surface area (Å²) in [6.45, 7) is 5.93. The van der Waals surface area contributed by atoms with Gasteiger partial charge in [-0.3, -0.25) is 0 Å². The molecule has 0 unspecified atom stereocenters. The van der Waals surface area contributed by atoms with E-state index in [-0.39, 0.29) is 0 Å². The van der Waals surface area contributed by atoms with Crippen LogP contribution in [0.15, 0.2) is 24.5 Å². The molecule has 2 heteroatoms. The number of pyridine rings is 1. The highest BCUT2D eigenvalue weighted by molar-refractivity contribution is 5.04. The van der Waals surface area contributed by atoms with Gasteiger partial charge in [0.05, 0.1) is 6.61 Å². The van der Waals surface area contributed by atoms with Crippen LogP contribution in [0.4, 0.5) is 0 Å². The molecule has 0 aliphatic heterocycles. The standard InChI is InChI=1S/C13H22NO/c1-3-5-6-10-15-12-14-9-7-8-13(4-2)11-14/h7-9,11H,3-6,10,12H2,1-2H3/q+1. The van der Waals surface area contributed by atoms with E-state index in [1.807, 2.05) is 0 Å². The molecule has 0 amide bonds. The predicted octanol–water partition coefficient (Wildman–Crippen LogP) is 2.70. The van der Waals surface area contributed by atoms with Crippen LogP contribution >= 0.6 is 0 Å². The van der Waals surface area contributed by atoms with Gasteiger partial charge in [-0.2, -0.15) is 4.57 Å². The van der Waals surface area contributed by atoms with Crippen molar-refractivity contribution in [3.63, 3.8) is 0 Å². The van der Waals surface area contributed by atoms with E-state index in [4.69, 9.17) is 4.74 Å². The van der Waals surface area contributed by atoms with E-state index in [0.717, 1.165) is 13.0 Å². The lowest BCUT2D eigenvalue weighted by atomic mass is 10.2. The lowest BCUT2D eigenvalue weighted by Crippen LogP contribution is -2.34. The first-order valence-electron chi connectivity index (χ1n) is 5.92. The van der Waals surface area contributed by atoms with Gasteiger partial charge in [-0.1, -0.05) is 26.7 Å². The Kier molecular flexibility index (Phi) is 6.02. The van der Waals surface area contributed by atoms with Crippen molar-refractivity contribution in [1.29, 1.82) is 0 Å². The summed E-state index contributed by atoms with van der Waals surface area (Å²) in [7, 11) is 0. The SMILES string of the molecule is CCCCCOC[n+]1cccc(CC)c1. The first kappa shape index (κ1) is 12.2. The van der Waals surface area contributed by atoms with Crippen molar-refractivity contribution >= 4 is 0 Å². The van der Waals surface area contributed by atoms with Crippen LogP contribution in [0.1, 0.15) is 38.7 Å². The Labute approximate surface area is 92.9 Å². The highest BCUT2D eigenvalue weighted by atomic mass is 16.5. The zero-order valence-corrected chi connectivity index (χ0v) is 9.91. The Balaban J connectivity index is 2.24. The van der Waals surface area contributed by atoms with Gasteiger partial charge in [-0.25, -0.2) is 0 Å². The largest absolute Gasteiger partial charge is 0.323 e. The minimum absolute atomic E-state index is 0.678. The monoisotopic (exact) mass is 208 g/mol. The maximum Gasteiger partial charge on any atom is 0.252 e. The Bertz CT molecular complexity index is 273. The molecule has 0 bridgehead atoms. The normalized spacial score (nSPS) is 10.5. The fraction of sp³-hybridized carbons (Fsp3) is 0.615. The molecule has 0 saturated carbocycles. The summed E-state index contributed by atoms with van der Waals surface area (Å²) in [6.07, 6.45) is 8.97. The number of unbranched alkanes of at least 4 members (excludes halogenated alkanes) is 2. The third-order valence-electron chi connectivity index (χ3n) is 2.46. The second-order valence-corrected chi connectivity index (χ2v) is 3.82. The highest BCUT2D eigenvalue weighted by Gasteiger charge is 2.00. The molecule has 1 aromatic heterocycles. The van der Waals surface area contributed by atoms with Crippen molar-refractivity contribution in [2.24, 2.45) is 0 Å². The molecule has 0 atom stereocenters. The molecule has 0 N–H and O–H groups in total. The predicted molar refractivity (Wildman–Crippen MR) is 61.5 cm³/mol. The molecule has 0 spiro atoms. The first-order valence-corrected chi connectivity index (χ1v) is 5.92. The molecule has 0 aliphatic rings. The van der Waals surface area contributed by atoms with Gasteiger partial charge in [0.2, 0.25) is 0 Å². The minimum atomic E-state index is 0.678. The molecule has 1 heterocycles. The Morgan fingerprint density at radius 2 is 2.13 bits per heavy atom. The van der Waals surface area contributed by atoms with Crippen molar-refractivity contribution in [2.45, 2.75) is 46.3 Å². The van der Waals surface area contributed by atoms with E-state index in [1.54, 1.807) is 0 Å². The number of ether oxygens (including phenoxy) is 1. The number of hydrogen-bond acceptors (Lipinski definition) is 1. The van der Waals surface area contributed by atoms with Crippen molar-refractivity contribution in [3.05, 3.63) is 30.1 Å². The number of nitrogens with zero attached hydrogens (tertiary/aromatic N) is 1. The molecule has 84 valence electrons. The lowest BCUT2D eigenvalue weighted by molar-refractivity contribution is -0.733. The van der Waals surface area contributed by atoms with Crippen LogP contribution in [0.2, 0.25) is 0 Å². The van der Waals surface area contributed by atoms with Gasteiger partial charge in [0.15, 0.2) is 12.4 Å². The van der Waals surface area contributed by atoms with Crippen molar-refractivity contribution in [2.75, 3.05) is 6.61 Å². The van der Waals surface area contributed by atoms with Crippen molar-refractivity contribution in [1.82, 2.24) is 0 Å². The fourth-order valence-corrected chi connectivity index (χ4v) is 1.49. The fourth-order valence-electron chi connectivity index (χ4n) is 1.49. The van der Waals surface area contributed by atoms with Crippen molar-refractivity contribution < 1.29 is 9.30 Å². The molecule has 0 radical (unpaired) electrons. The van der Waals surface area contributed by atoms with E-state index in [0.29, 0.717) is 6.73 Å². The lowest BCUT2D eigenvalue weighted by Gasteiger charge is -2.01. The van der Waals surface area contributed by atoms with E-state index in [1.165, 1.54) is 24.8 Å². The molecule has 0 fully saturated rings. The summed E-state index contributed by atoms with van der Waals surface area (Å²) in [5, 5.41) is 0. The zero-order chi connectivity index (χ0) is 10.9. The molecule has 2 nitrogen and oxygen atoms in total. The first-order chi connectivity index (χ1) is 7.36. The summed E-state index contributed by atoms with van der Waals surface area (Å²) in [6, 6.07) is 4.22. The third kappa shape index (κ3) is 4.93. The van der Waals surface area contributed by atoms with Crippen LogP contribution in [0, 0.1) is 0 Å². The number of rotatable bonds is 7. The van der Waals surface area contributed by atoms with Crippen LogP contribution in [0.5, 0.6) is 0 Å². The van der Waals surface area contributed by atoms with Crippen LogP contribution in [0.25, 0.3) is 0 Å².